The van der Waals surface area contributed by atoms with Crippen LogP contribution in [0.2, 0.25) is 0 Å². The molecule has 20 heavy (non-hydrogen) atoms. The van der Waals surface area contributed by atoms with Crippen LogP contribution in [0.25, 0.3) is 0 Å². The molecule has 0 unspecified atom stereocenters. The zero-order chi connectivity index (χ0) is 15.5. The van der Waals surface area contributed by atoms with E-state index in [2.05, 4.69) is 11.5 Å². The average molecular weight is 279 g/mol. The van der Waals surface area contributed by atoms with Gasteiger partial charge in [0.2, 0.25) is 11.8 Å². The van der Waals surface area contributed by atoms with Gasteiger partial charge in [-0.1, -0.05) is 20.4 Å². The third-order valence-electron chi connectivity index (χ3n) is 3.96. The maximum atomic E-state index is 12.5. The average Bonchev–Trinajstić information content (AvgIpc) is 3.24. The molecule has 1 saturated carbocycles. The van der Waals surface area contributed by atoms with E-state index >= 15 is 0 Å². The van der Waals surface area contributed by atoms with Crippen LogP contribution >= 0.6 is 0 Å². The van der Waals surface area contributed by atoms with Crippen molar-refractivity contribution in [1.29, 1.82) is 0 Å². The molecule has 1 aliphatic carbocycles. The van der Waals surface area contributed by atoms with Gasteiger partial charge in [0.15, 0.2) is 0 Å². The van der Waals surface area contributed by atoms with Crippen LogP contribution in [0, 0.1) is 5.41 Å². The summed E-state index contributed by atoms with van der Waals surface area (Å²) in [5, 5.41) is 0. The van der Waals surface area contributed by atoms with Crippen molar-refractivity contribution in [2.24, 2.45) is 11.1 Å². The van der Waals surface area contributed by atoms with Crippen LogP contribution in [0.4, 0.5) is 0 Å². The molecule has 0 aromatic rings. The lowest BCUT2D eigenvalue weighted by atomic mass is 10.0. The predicted molar refractivity (Wildman–Crippen MR) is 79.4 cm³/mol. The van der Waals surface area contributed by atoms with Gasteiger partial charge < -0.3 is 15.5 Å². The number of hydrogen-bond donors (Lipinski definition) is 1. The van der Waals surface area contributed by atoms with Crippen molar-refractivity contribution in [2.45, 2.75) is 33.6 Å². The summed E-state index contributed by atoms with van der Waals surface area (Å²) in [6, 6.07) is 0. The van der Waals surface area contributed by atoms with E-state index in [1.165, 1.54) is 0 Å². The fraction of sp³-hybridized carbons (Fsp3) is 0.600. The van der Waals surface area contributed by atoms with Gasteiger partial charge in [0.05, 0.1) is 5.70 Å². The smallest absolute Gasteiger partial charge is 0.242 e. The molecule has 0 atom stereocenters. The van der Waals surface area contributed by atoms with E-state index in [1.54, 1.807) is 11.0 Å². The van der Waals surface area contributed by atoms with Crippen LogP contribution in [0.3, 0.4) is 0 Å². The van der Waals surface area contributed by atoms with Crippen molar-refractivity contribution < 1.29 is 9.59 Å². The van der Waals surface area contributed by atoms with Crippen LogP contribution < -0.4 is 5.73 Å². The van der Waals surface area contributed by atoms with E-state index in [4.69, 9.17) is 5.73 Å². The first kappa shape index (κ1) is 16.3. The summed E-state index contributed by atoms with van der Waals surface area (Å²) in [6.07, 6.45) is 2.80. The number of amides is 2. The first-order valence-corrected chi connectivity index (χ1v) is 7.10. The summed E-state index contributed by atoms with van der Waals surface area (Å²) in [4.78, 5) is 27.6. The molecule has 1 heterocycles. The summed E-state index contributed by atoms with van der Waals surface area (Å²) < 4.78 is 0. The number of nitrogens with two attached hydrogens (primary N) is 1. The number of rotatable bonds is 3. The highest BCUT2D eigenvalue weighted by molar-refractivity contribution is 6.07. The Morgan fingerprint density at radius 3 is 2.25 bits per heavy atom. The summed E-state index contributed by atoms with van der Waals surface area (Å²) in [5.74, 6) is -0.676. The first-order chi connectivity index (χ1) is 9.44. The molecule has 0 aromatic heterocycles. The van der Waals surface area contributed by atoms with Crippen molar-refractivity contribution in [1.82, 2.24) is 9.80 Å². The Morgan fingerprint density at radius 2 is 1.85 bits per heavy atom. The molecule has 2 rings (SSSR count). The van der Waals surface area contributed by atoms with E-state index < -0.39 is 11.3 Å². The van der Waals surface area contributed by atoms with Crippen molar-refractivity contribution in [3.63, 3.8) is 0 Å². The standard InChI is InChI=1S/C13H19N3O2.C2H6/c1-4-10-9(2)15(3)7-8-16(10)12(18)13(5-6-13)11(14)17;1-2/h4H,1,5-8H2,2-3H3,(H2,14,17);1-2H3. The third kappa shape index (κ3) is 2.57. The second-order valence-corrected chi connectivity index (χ2v) is 5.00. The van der Waals surface area contributed by atoms with Crippen LogP contribution in [0.1, 0.15) is 33.6 Å². The lowest BCUT2D eigenvalue weighted by Crippen LogP contribution is -2.48. The number of hydrogen-bond acceptors (Lipinski definition) is 3. The quantitative estimate of drug-likeness (QED) is 0.796. The van der Waals surface area contributed by atoms with Gasteiger partial charge in [-0.25, -0.2) is 0 Å². The molecule has 0 saturated heterocycles. The molecule has 2 N–H and O–H groups in total. The number of nitrogens with zero attached hydrogens (tertiary/aromatic N) is 2. The Labute approximate surface area is 121 Å². The van der Waals surface area contributed by atoms with Crippen LogP contribution in [-0.2, 0) is 9.59 Å². The molecule has 112 valence electrons. The second kappa shape index (κ2) is 6.11. The minimum Gasteiger partial charge on any atom is -0.375 e. The lowest BCUT2D eigenvalue weighted by Gasteiger charge is -2.37. The molecule has 5 heteroatoms. The third-order valence-corrected chi connectivity index (χ3v) is 3.96. The van der Waals surface area contributed by atoms with Gasteiger partial charge in [0.1, 0.15) is 5.41 Å². The van der Waals surface area contributed by atoms with Crippen molar-refractivity contribution >= 4 is 11.8 Å². The Balaban J connectivity index is 0.000000956. The molecular formula is C15H25N3O2. The van der Waals surface area contributed by atoms with Crippen molar-refractivity contribution in [3.8, 4) is 0 Å². The summed E-state index contributed by atoms with van der Waals surface area (Å²) in [7, 11) is 1.97. The van der Waals surface area contributed by atoms with E-state index in [0.29, 0.717) is 19.4 Å². The van der Waals surface area contributed by atoms with Gasteiger partial charge in [-0.05, 0) is 25.8 Å². The van der Waals surface area contributed by atoms with E-state index in [9.17, 15) is 9.59 Å². The van der Waals surface area contributed by atoms with Crippen molar-refractivity contribution in [3.05, 3.63) is 24.0 Å². The molecule has 0 aromatic carbocycles. The molecule has 1 aliphatic heterocycles. The number of carbonyl (C=O) groups excluding carboxylic acids is 2. The fourth-order valence-electron chi connectivity index (χ4n) is 2.35. The van der Waals surface area contributed by atoms with E-state index in [-0.39, 0.29) is 5.91 Å². The molecule has 0 radical (unpaired) electrons. The molecule has 2 amide bonds. The van der Waals surface area contributed by atoms with Gasteiger partial charge >= 0.3 is 0 Å². The Bertz CT molecular complexity index is 450. The highest BCUT2D eigenvalue weighted by atomic mass is 16.2. The number of carbonyl (C=O) groups is 2. The maximum absolute atomic E-state index is 12.5. The summed E-state index contributed by atoms with van der Waals surface area (Å²) in [6.45, 7) is 11.0. The minimum absolute atomic E-state index is 0.169. The first-order valence-electron chi connectivity index (χ1n) is 7.10. The van der Waals surface area contributed by atoms with Gasteiger partial charge in [-0.3, -0.25) is 9.59 Å². The molecular weight excluding hydrogens is 254 g/mol. The van der Waals surface area contributed by atoms with E-state index in [0.717, 1.165) is 17.9 Å². The minimum atomic E-state index is -0.954. The van der Waals surface area contributed by atoms with Gasteiger partial charge in [-0.15, -0.1) is 0 Å². The maximum Gasteiger partial charge on any atom is 0.242 e. The zero-order valence-electron chi connectivity index (χ0n) is 12.9. The van der Waals surface area contributed by atoms with Crippen LogP contribution in [-0.4, -0.2) is 41.8 Å². The SMILES string of the molecule is C=CC1=C(C)N(C)CCN1C(=O)C1(C(N)=O)CC1.CC. The molecule has 1 fully saturated rings. The fourth-order valence-corrected chi connectivity index (χ4v) is 2.35. The zero-order valence-corrected chi connectivity index (χ0v) is 12.9. The topological polar surface area (TPSA) is 66.6 Å². The Kier molecular flexibility index (Phi) is 4.98. The molecule has 5 nitrogen and oxygen atoms in total. The monoisotopic (exact) mass is 279 g/mol. The Hall–Kier alpha value is -1.78. The molecule has 2 aliphatic rings. The van der Waals surface area contributed by atoms with Gasteiger partial charge in [0, 0.05) is 25.8 Å². The van der Waals surface area contributed by atoms with Crippen molar-refractivity contribution in [2.75, 3.05) is 20.1 Å². The highest BCUT2D eigenvalue weighted by Crippen LogP contribution is 2.47. The van der Waals surface area contributed by atoms with Gasteiger partial charge in [-0.2, -0.15) is 0 Å². The number of likely N-dealkylation sites (N-methyl/N-ethyl adjacent to an activating group) is 1. The highest BCUT2D eigenvalue weighted by Gasteiger charge is 2.57. The van der Waals surface area contributed by atoms with Crippen LogP contribution in [0.5, 0.6) is 0 Å². The predicted octanol–water partition coefficient (Wildman–Crippen LogP) is 1.47. The normalized spacial score (nSPS) is 20.0. The summed E-state index contributed by atoms with van der Waals surface area (Å²) >= 11 is 0. The Morgan fingerprint density at radius 1 is 1.30 bits per heavy atom. The number of primary amides is 1. The molecule has 0 spiro atoms. The van der Waals surface area contributed by atoms with E-state index in [1.807, 2.05) is 27.8 Å². The van der Waals surface area contributed by atoms with Gasteiger partial charge in [0.25, 0.3) is 0 Å². The lowest BCUT2D eigenvalue weighted by molar-refractivity contribution is -0.141. The second-order valence-electron chi connectivity index (χ2n) is 5.00. The van der Waals surface area contributed by atoms with Crippen LogP contribution in [0.15, 0.2) is 24.0 Å². The summed E-state index contributed by atoms with van der Waals surface area (Å²) in [5.41, 5.74) is 6.17. The largest absolute Gasteiger partial charge is 0.375 e. The number of allylic oxidation sites excluding steroid dienone is 2. The molecule has 0 bridgehead atoms.